The van der Waals surface area contributed by atoms with E-state index in [-0.39, 0.29) is 36.5 Å². The lowest BCUT2D eigenvalue weighted by molar-refractivity contribution is 0.0122. The third-order valence-corrected chi connectivity index (χ3v) is 20.6. The van der Waals surface area contributed by atoms with E-state index in [1.807, 2.05) is 50.8 Å². The van der Waals surface area contributed by atoms with E-state index in [2.05, 4.69) is 81.0 Å². The second-order valence-electron chi connectivity index (χ2n) is 20.4. The fourth-order valence-corrected chi connectivity index (χ4v) is 16.8. The van der Waals surface area contributed by atoms with Crippen LogP contribution in [0.4, 0.5) is 15.0 Å². The molecule has 13 heteroatoms. The highest BCUT2D eigenvalue weighted by atomic mass is 28.3. The minimum Gasteiger partial charge on any atom is -0.468 e. The van der Waals surface area contributed by atoms with Crippen molar-refractivity contribution in [1.82, 2.24) is 24.8 Å². The van der Waals surface area contributed by atoms with Crippen molar-refractivity contribution in [3.63, 3.8) is 0 Å². The van der Waals surface area contributed by atoms with Gasteiger partial charge in [0.2, 0.25) is 0 Å². The van der Waals surface area contributed by atoms with Gasteiger partial charge in [0.25, 0.3) is 0 Å². The molecule has 4 saturated heterocycles. The molecule has 2 aromatic carbocycles. The van der Waals surface area contributed by atoms with Crippen LogP contribution in [0, 0.1) is 18.4 Å². The number of ether oxygens (including phenoxy) is 4. The predicted octanol–water partition coefficient (Wildman–Crippen LogP) is 10.2. The number of anilines is 1. The van der Waals surface area contributed by atoms with E-state index in [4.69, 9.17) is 33.9 Å². The summed E-state index contributed by atoms with van der Waals surface area (Å²) < 4.78 is 38.8. The standard InChI is InChI=1S/C50H67FN6O5Si/c1-31(2)63(32(3)4,33(5)6)21-18-35-14-12-15-36-22-40(61-30-59-11)23-41(45(35)36)42-24-43-44(34(7)52-42)46(54-47(53-43)60-29-50-19-13-20-56(50)26-37(51)25-50)55-27-38-16-17-39(28-55)57(38)48(58)62-49(8,9)10/h12,14-15,22-24,31-33,37-39H,13,16-17,19-20,25-30H2,1-11H3/t37-,38?,39?,50+/m1/s1. The summed E-state index contributed by atoms with van der Waals surface area (Å²) in [4.78, 5) is 35.6. The van der Waals surface area contributed by atoms with Crippen molar-refractivity contribution in [3.8, 4) is 34.5 Å². The normalized spacial score (nSPS) is 22.7. The number of aryl methyl sites for hydroxylation is 1. The van der Waals surface area contributed by atoms with E-state index < -0.39 is 19.8 Å². The monoisotopic (exact) mass is 878 g/mol. The Bertz CT molecular complexity index is 2390. The molecule has 0 radical (unpaired) electrons. The third kappa shape index (κ3) is 8.60. The van der Waals surface area contributed by atoms with Gasteiger partial charge in [0.1, 0.15) is 38.0 Å². The maximum Gasteiger partial charge on any atom is 0.410 e. The first kappa shape index (κ1) is 45.1. The van der Waals surface area contributed by atoms with Crippen LogP contribution in [0.5, 0.6) is 11.8 Å². The largest absolute Gasteiger partial charge is 0.468 e. The van der Waals surface area contributed by atoms with Crippen molar-refractivity contribution < 1.29 is 28.1 Å². The fourth-order valence-electron chi connectivity index (χ4n) is 11.6. The van der Waals surface area contributed by atoms with Crippen molar-refractivity contribution in [2.75, 3.05) is 51.6 Å². The lowest BCUT2D eigenvalue weighted by Gasteiger charge is -2.42. The van der Waals surface area contributed by atoms with Gasteiger partial charge in [-0.2, -0.15) is 9.97 Å². The van der Waals surface area contributed by atoms with Gasteiger partial charge in [-0.05, 0) is 106 Å². The Morgan fingerprint density at radius 1 is 0.952 bits per heavy atom. The SMILES string of the molecule is COCOc1cc(-c2cc3nc(OC[C@@]45CCCN4C[C@H](F)C5)nc(N4CC5CCC(C4)N5C(=O)OC(C)(C)C)c3c(C)n2)c2c(C#C[Si](C(C)C)(C(C)C)C(C)C)cccc2c1. The summed E-state index contributed by atoms with van der Waals surface area (Å²) in [5, 5.41) is 2.83. The maximum atomic E-state index is 14.9. The minimum atomic E-state index is -2.06. The summed E-state index contributed by atoms with van der Waals surface area (Å²) in [7, 11) is -0.445. The summed E-state index contributed by atoms with van der Waals surface area (Å²) in [6.45, 7) is 24.7. The first-order valence-electron chi connectivity index (χ1n) is 23.1. The Kier molecular flexibility index (Phi) is 12.5. The number of carbonyl (C=O) groups is 1. The molecule has 338 valence electrons. The third-order valence-electron chi connectivity index (χ3n) is 14.3. The van der Waals surface area contributed by atoms with E-state index in [0.29, 0.717) is 60.6 Å². The summed E-state index contributed by atoms with van der Waals surface area (Å²) >= 11 is 0. The lowest BCUT2D eigenvalue weighted by atomic mass is 9.95. The molecule has 6 heterocycles. The van der Waals surface area contributed by atoms with Crippen LogP contribution in [0.1, 0.15) is 106 Å². The Morgan fingerprint density at radius 3 is 2.33 bits per heavy atom. The van der Waals surface area contributed by atoms with E-state index in [1.165, 1.54) is 0 Å². The van der Waals surface area contributed by atoms with Gasteiger partial charge in [-0.25, -0.2) is 9.18 Å². The summed E-state index contributed by atoms with van der Waals surface area (Å²) in [5.74, 6) is 5.15. The molecular weight excluding hydrogens is 812 g/mol. The second-order valence-corrected chi connectivity index (χ2v) is 26.0. The number of nitrogens with zero attached hydrogens (tertiary/aromatic N) is 6. The number of alkyl halides is 1. The molecule has 4 atom stereocenters. The number of aromatic nitrogens is 3. The van der Waals surface area contributed by atoms with E-state index >= 15 is 0 Å². The average molecular weight is 879 g/mol. The number of hydrogen-bond acceptors (Lipinski definition) is 10. The zero-order valence-electron chi connectivity index (χ0n) is 39.3. The van der Waals surface area contributed by atoms with E-state index in [9.17, 15) is 9.18 Å². The van der Waals surface area contributed by atoms with E-state index in [0.717, 1.165) is 76.7 Å². The van der Waals surface area contributed by atoms with Gasteiger partial charge in [0, 0.05) is 49.7 Å². The van der Waals surface area contributed by atoms with Crippen LogP contribution in [0.3, 0.4) is 0 Å². The van der Waals surface area contributed by atoms with Crippen LogP contribution < -0.4 is 14.4 Å². The molecule has 0 aliphatic carbocycles. The number of piperazine rings is 1. The summed E-state index contributed by atoms with van der Waals surface area (Å²) in [6.07, 6.45) is 2.97. The number of carbonyl (C=O) groups excluding carboxylic acids is 1. The highest BCUT2D eigenvalue weighted by Crippen LogP contribution is 2.44. The molecule has 11 nitrogen and oxygen atoms in total. The zero-order valence-corrected chi connectivity index (χ0v) is 40.3. The van der Waals surface area contributed by atoms with Crippen LogP contribution in [-0.4, -0.2) is 115 Å². The topological polar surface area (TPSA) is 102 Å². The number of hydrogen-bond donors (Lipinski definition) is 0. The molecule has 4 aliphatic rings. The first-order valence-corrected chi connectivity index (χ1v) is 25.4. The van der Waals surface area contributed by atoms with Crippen molar-refractivity contribution >= 4 is 41.7 Å². The van der Waals surface area contributed by atoms with Gasteiger partial charge in [-0.3, -0.25) is 14.8 Å². The van der Waals surface area contributed by atoms with Gasteiger partial charge < -0.3 is 23.8 Å². The Balaban J connectivity index is 1.27. The molecule has 8 rings (SSSR count). The predicted molar refractivity (Wildman–Crippen MR) is 251 cm³/mol. The van der Waals surface area contributed by atoms with Crippen LogP contribution >= 0.6 is 0 Å². The molecule has 0 spiro atoms. The molecule has 4 aromatic rings. The smallest absolute Gasteiger partial charge is 0.410 e. The fraction of sp³-hybridized carbons (Fsp3) is 0.600. The van der Waals surface area contributed by atoms with Gasteiger partial charge >= 0.3 is 12.1 Å². The minimum absolute atomic E-state index is 0.0314. The average Bonchev–Trinajstić information content (AvgIpc) is 3.84. The Morgan fingerprint density at radius 2 is 1.67 bits per heavy atom. The first-order chi connectivity index (χ1) is 29.9. The molecule has 0 saturated carbocycles. The van der Waals surface area contributed by atoms with Crippen molar-refractivity contribution in [3.05, 3.63) is 47.7 Å². The van der Waals surface area contributed by atoms with Gasteiger partial charge in [0.05, 0.1) is 39.9 Å². The summed E-state index contributed by atoms with van der Waals surface area (Å²) in [6, 6.07) is 12.6. The zero-order chi connectivity index (χ0) is 45.0. The van der Waals surface area contributed by atoms with Crippen molar-refractivity contribution in [2.45, 2.75) is 147 Å². The molecule has 1 amide bonds. The maximum absolute atomic E-state index is 14.9. The van der Waals surface area contributed by atoms with Gasteiger partial charge in [0.15, 0.2) is 6.79 Å². The number of pyridine rings is 1. The molecule has 0 N–H and O–H groups in total. The van der Waals surface area contributed by atoms with Crippen LogP contribution in [-0.2, 0) is 9.47 Å². The highest BCUT2D eigenvalue weighted by Gasteiger charge is 2.50. The van der Waals surface area contributed by atoms with Crippen LogP contribution in [0.25, 0.3) is 32.9 Å². The summed E-state index contributed by atoms with van der Waals surface area (Å²) in [5.41, 5.74) is 8.50. The lowest BCUT2D eigenvalue weighted by Crippen LogP contribution is -2.57. The van der Waals surface area contributed by atoms with Gasteiger partial charge in [-0.15, -0.1) is 5.54 Å². The Hall–Kier alpha value is -4.51. The number of halogens is 1. The second kappa shape index (κ2) is 17.5. The molecule has 2 aromatic heterocycles. The number of rotatable bonds is 11. The molecular formula is C50H67FN6O5Si. The number of fused-ring (bicyclic) bond motifs is 5. The van der Waals surface area contributed by atoms with Crippen molar-refractivity contribution in [2.24, 2.45) is 0 Å². The van der Waals surface area contributed by atoms with Crippen molar-refractivity contribution in [1.29, 1.82) is 0 Å². The molecule has 2 unspecified atom stereocenters. The number of benzene rings is 2. The Labute approximate surface area is 374 Å². The molecule has 2 bridgehead atoms. The van der Waals surface area contributed by atoms with Gasteiger partial charge in [-0.1, -0.05) is 59.6 Å². The molecule has 4 aliphatic heterocycles. The van der Waals surface area contributed by atoms with Crippen LogP contribution in [0.2, 0.25) is 16.6 Å². The number of amides is 1. The van der Waals surface area contributed by atoms with Crippen LogP contribution in [0.15, 0.2) is 36.4 Å². The molecule has 4 fully saturated rings. The van der Waals surface area contributed by atoms with E-state index in [1.54, 1.807) is 7.11 Å². The number of methoxy groups -OCH3 is 1. The quantitative estimate of drug-likeness (QED) is 0.0822. The highest BCUT2D eigenvalue weighted by molar-refractivity contribution is 6.90. The molecule has 63 heavy (non-hydrogen) atoms.